The molecular weight excluding hydrogens is 380 g/mol. The van der Waals surface area contributed by atoms with Crippen LogP contribution in [0.1, 0.15) is 40.3 Å². The molecule has 1 aromatic carbocycles. The zero-order valence-electron chi connectivity index (χ0n) is 17.9. The molecule has 0 N–H and O–H groups in total. The molecule has 7 heteroatoms. The number of carbonyl (C=O) groups excluding carboxylic acids is 1. The maximum absolute atomic E-state index is 12.6. The van der Waals surface area contributed by atoms with Gasteiger partial charge in [0.25, 0.3) is 5.91 Å². The van der Waals surface area contributed by atoms with Crippen LogP contribution in [0.5, 0.6) is 0 Å². The van der Waals surface area contributed by atoms with Gasteiger partial charge in [0.15, 0.2) is 5.69 Å². The molecule has 2 fully saturated rings. The summed E-state index contributed by atoms with van der Waals surface area (Å²) in [6, 6.07) is 8.64. The zero-order valence-corrected chi connectivity index (χ0v) is 17.9. The van der Waals surface area contributed by atoms with Crippen LogP contribution in [0.25, 0.3) is 0 Å². The smallest absolute Gasteiger partial charge is 0.275 e. The van der Waals surface area contributed by atoms with Gasteiger partial charge < -0.3 is 14.1 Å². The summed E-state index contributed by atoms with van der Waals surface area (Å²) in [4.78, 5) is 23.7. The highest BCUT2D eigenvalue weighted by molar-refractivity contribution is 5.92. The van der Waals surface area contributed by atoms with E-state index < -0.39 is 0 Å². The summed E-state index contributed by atoms with van der Waals surface area (Å²) in [7, 11) is 0. The molecule has 162 valence electrons. The van der Waals surface area contributed by atoms with Crippen molar-refractivity contribution in [2.75, 3.05) is 52.5 Å². The number of benzene rings is 1. The van der Waals surface area contributed by atoms with Crippen LogP contribution < -0.4 is 0 Å². The summed E-state index contributed by atoms with van der Waals surface area (Å²) >= 11 is 0. The minimum Gasteiger partial charge on any atom is -0.447 e. The minimum atomic E-state index is -0.0131. The number of carbonyl (C=O) groups is 1. The molecule has 0 radical (unpaired) electrons. The van der Waals surface area contributed by atoms with Gasteiger partial charge in [-0.3, -0.25) is 14.6 Å². The molecular formula is C23H32N4O3. The second kappa shape index (κ2) is 10.2. The second-order valence-electron chi connectivity index (χ2n) is 8.28. The van der Waals surface area contributed by atoms with Gasteiger partial charge in [-0.2, -0.15) is 0 Å². The number of aryl methyl sites for hydroxylation is 1. The summed E-state index contributed by atoms with van der Waals surface area (Å²) in [6.45, 7) is 10.6. The summed E-state index contributed by atoms with van der Waals surface area (Å²) in [6.07, 6.45) is 3.66. The van der Waals surface area contributed by atoms with E-state index in [0.717, 1.165) is 71.9 Å². The number of nitrogens with zero attached hydrogens (tertiary/aromatic N) is 4. The number of hydrogen-bond acceptors (Lipinski definition) is 6. The lowest BCUT2D eigenvalue weighted by atomic mass is 10.1. The standard InChI is InChI=1S/C23H32N4O3/c1-19-4-6-20(7-5-19)16-26(11-10-25-12-14-29-15-13-25)17-22-24-21(18-30-22)23(28)27-8-2-3-9-27/h4-7,18H,2-3,8-17H2,1H3. The van der Waals surface area contributed by atoms with Gasteiger partial charge in [0, 0.05) is 45.8 Å². The number of likely N-dealkylation sites (tertiary alicyclic amines) is 1. The minimum absolute atomic E-state index is 0.0131. The third kappa shape index (κ3) is 5.68. The molecule has 30 heavy (non-hydrogen) atoms. The SMILES string of the molecule is Cc1ccc(CN(CCN2CCOCC2)Cc2nc(C(=O)N3CCCC3)co2)cc1. The van der Waals surface area contributed by atoms with Crippen molar-refractivity contribution in [1.82, 2.24) is 19.7 Å². The molecule has 0 atom stereocenters. The summed E-state index contributed by atoms with van der Waals surface area (Å²) in [5.41, 5.74) is 2.95. The van der Waals surface area contributed by atoms with Crippen LogP contribution in [0.15, 0.2) is 34.9 Å². The first kappa shape index (κ1) is 21.0. The van der Waals surface area contributed by atoms with E-state index in [1.54, 1.807) is 0 Å². The summed E-state index contributed by atoms with van der Waals surface area (Å²) < 4.78 is 11.2. The predicted molar refractivity (Wildman–Crippen MR) is 114 cm³/mol. The quantitative estimate of drug-likeness (QED) is 0.664. The van der Waals surface area contributed by atoms with Gasteiger partial charge in [-0.05, 0) is 25.3 Å². The molecule has 0 aliphatic carbocycles. The van der Waals surface area contributed by atoms with E-state index in [9.17, 15) is 4.79 Å². The Balaban J connectivity index is 1.40. The number of rotatable bonds is 8. The van der Waals surface area contributed by atoms with Gasteiger partial charge in [-0.1, -0.05) is 29.8 Å². The largest absolute Gasteiger partial charge is 0.447 e. The Morgan fingerprint density at radius 1 is 1.07 bits per heavy atom. The molecule has 0 unspecified atom stereocenters. The summed E-state index contributed by atoms with van der Waals surface area (Å²) in [5, 5.41) is 0. The van der Waals surface area contributed by atoms with Crippen molar-refractivity contribution in [1.29, 1.82) is 0 Å². The highest BCUT2D eigenvalue weighted by atomic mass is 16.5. The Kier molecular flexibility index (Phi) is 7.15. The van der Waals surface area contributed by atoms with Gasteiger partial charge in [0.1, 0.15) is 6.26 Å². The monoisotopic (exact) mass is 412 g/mol. The first-order valence-electron chi connectivity index (χ1n) is 11.0. The molecule has 2 saturated heterocycles. The molecule has 0 bridgehead atoms. The molecule has 2 aromatic rings. The third-order valence-electron chi connectivity index (χ3n) is 5.89. The molecule has 4 rings (SSSR count). The highest BCUT2D eigenvalue weighted by Crippen LogP contribution is 2.15. The third-order valence-corrected chi connectivity index (χ3v) is 5.89. The molecule has 3 heterocycles. The van der Waals surface area contributed by atoms with Crippen LogP contribution in [0, 0.1) is 6.92 Å². The average Bonchev–Trinajstić information content (AvgIpc) is 3.46. The van der Waals surface area contributed by atoms with Gasteiger partial charge in [0.05, 0.1) is 19.8 Å². The van der Waals surface area contributed by atoms with Crippen LogP contribution >= 0.6 is 0 Å². The van der Waals surface area contributed by atoms with Crippen molar-refractivity contribution in [2.45, 2.75) is 32.9 Å². The van der Waals surface area contributed by atoms with Gasteiger partial charge in [-0.25, -0.2) is 4.98 Å². The van der Waals surface area contributed by atoms with Crippen LogP contribution in [0.2, 0.25) is 0 Å². The van der Waals surface area contributed by atoms with Gasteiger partial charge >= 0.3 is 0 Å². The van der Waals surface area contributed by atoms with E-state index in [0.29, 0.717) is 18.1 Å². The zero-order chi connectivity index (χ0) is 20.8. The number of ether oxygens (including phenoxy) is 1. The van der Waals surface area contributed by atoms with Gasteiger partial charge in [0.2, 0.25) is 5.89 Å². The Morgan fingerprint density at radius 3 is 2.53 bits per heavy atom. The first-order chi connectivity index (χ1) is 14.7. The lowest BCUT2D eigenvalue weighted by molar-refractivity contribution is 0.0320. The van der Waals surface area contributed by atoms with Crippen molar-refractivity contribution in [3.63, 3.8) is 0 Å². The van der Waals surface area contributed by atoms with Crippen LogP contribution in [-0.4, -0.2) is 78.1 Å². The van der Waals surface area contributed by atoms with Crippen LogP contribution in [0.4, 0.5) is 0 Å². The summed E-state index contributed by atoms with van der Waals surface area (Å²) in [5.74, 6) is 0.590. The van der Waals surface area contributed by atoms with Crippen molar-refractivity contribution in [2.24, 2.45) is 0 Å². The molecule has 7 nitrogen and oxygen atoms in total. The highest BCUT2D eigenvalue weighted by Gasteiger charge is 2.23. The number of oxazole rings is 1. The first-order valence-corrected chi connectivity index (χ1v) is 11.0. The van der Waals surface area contributed by atoms with E-state index in [-0.39, 0.29) is 5.91 Å². The Hall–Kier alpha value is -2.22. The fourth-order valence-corrected chi connectivity index (χ4v) is 4.03. The molecule has 0 saturated carbocycles. The van der Waals surface area contributed by atoms with E-state index in [1.807, 2.05) is 4.90 Å². The van der Waals surface area contributed by atoms with Crippen LogP contribution in [-0.2, 0) is 17.8 Å². The van der Waals surface area contributed by atoms with E-state index in [4.69, 9.17) is 9.15 Å². The number of amides is 1. The van der Waals surface area contributed by atoms with Gasteiger partial charge in [-0.15, -0.1) is 0 Å². The van der Waals surface area contributed by atoms with Crippen LogP contribution in [0.3, 0.4) is 0 Å². The lowest BCUT2D eigenvalue weighted by Gasteiger charge is -2.29. The molecule has 0 spiro atoms. The van der Waals surface area contributed by atoms with Crippen molar-refractivity contribution in [3.8, 4) is 0 Å². The van der Waals surface area contributed by atoms with Crippen molar-refractivity contribution < 1.29 is 13.9 Å². The molecule has 1 aromatic heterocycles. The fraction of sp³-hybridized carbons (Fsp3) is 0.565. The topological polar surface area (TPSA) is 62.1 Å². The van der Waals surface area contributed by atoms with E-state index >= 15 is 0 Å². The van der Waals surface area contributed by atoms with Crippen molar-refractivity contribution in [3.05, 3.63) is 53.2 Å². The Bertz CT molecular complexity index is 808. The lowest BCUT2D eigenvalue weighted by Crippen LogP contribution is -2.41. The second-order valence-corrected chi connectivity index (χ2v) is 8.28. The Labute approximate surface area is 178 Å². The molecule has 2 aliphatic rings. The number of aromatic nitrogens is 1. The number of morpholine rings is 1. The predicted octanol–water partition coefficient (Wildman–Crippen LogP) is 2.55. The normalized spacial score (nSPS) is 17.7. The molecule has 1 amide bonds. The van der Waals surface area contributed by atoms with Crippen molar-refractivity contribution >= 4 is 5.91 Å². The number of hydrogen-bond donors (Lipinski definition) is 0. The van der Waals surface area contributed by atoms with E-state index in [2.05, 4.69) is 46.0 Å². The Morgan fingerprint density at radius 2 is 1.80 bits per heavy atom. The molecule has 2 aliphatic heterocycles. The maximum Gasteiger partial charge on any atom is 0.275 e. The van der Waals surface area contributed by atoms with E-state index in [1.165, 1.54) is 17.4 Å². The average molecular weight is 413 g/mol. The fourth-order valence-electron chi connectivity index (χ4n) is 4.03. The maximum atomic E-state index is 12.6.